The molecule has 7 rings (SSSR count). The summed E-state index contributed by atoms with van der Waals surface area (Å²) in [5.41, 5.74) is 2.76. The van der Waals surface area contributed by atoms with Crippen molar-refractivity contribution < 1.29 is 27.4 Å². The highest BCUT2D eigenvalue weighted by molar-refractivity contribution is 6.03. The van der Waals surface area contributed by atoms with E-state index in [0.29, 0.717) is 42.4 Å². The number of anilines is 1. The number of amides is 1. The minimum atomic E-state index is -4.80. The van der Waals surface area contributed by atoms with E-state index in [1.807, 2.05) is 91.0 Å². The third-order valence-electron chi connectivity index (χ3n) is 9.02. The number of alkyl halides is 3. The molecule has 5 aromatic carbocycles. The average molecular weight is 728 g/mol. The van der Waals surface area contributed by atoms with Crippen molar-refractivity contribution in [2.24, 2.45) is 5.92 Å². The Morgan fingerprint density at radius 2 is 1.52 bits per heavy atom. The van der Waals surface area contributed by atoms with Crippen LogP contribution in [0.25, 0.3) is 5.69 Å². The van der Waals surface area contributed by atoms with Crippen LogP contribution >= 0.6 is 0 Å². The Hall–Kier alpha value is -6.38. The van der Waals surface area contributed by atoms with Gasteiger partial charge in [-0.1, -0.05) is 91.0 Å². The molecule has 6 aromatic rings. The SMILES string of the molecule is N#Cc1cccc(-n2nc(C(F)(F)F)cc2C(=O)Nc2cccc(C(NCC3CC3)c3cccc(OCc4ccccc4)c3OCc3ccccc3)c2)c1. The molecule has 1 fully saturated rings. The number of para-hydroxylation sites is 1. The third-order valence-corrected chi connectivity index (χ3v) is 9.02. The molecule has 1 aliphatic carbocycles. The monoisotopic (exact) mass is 727 g/mol. The van der Waals surface area contributed by atoms with Gasteiger partial charge in [0.05, 0.1) is 23.4 Å². The second kappa shape index (κ2) is 16.1. The van der Waals surface area contributed by atoms with Crippen molar-refractivity contribution in [3.05, 3.63) is 173 Å². The molecule has 272 valence electrons. The minimum absolute atomic E-state index is 0.144. The van der Waals surface area contributed by atoms with Crippen LogP contribution in [0, 0.1) is 17.2 Å². The number of hydrogen-bond donors (Lipinski definition) is 2. The van der Waals surface area contributed by atoms with Gasteiger partial charge in [0.1, 0.15) is 18.9 Å². The van der Waals surface area contributed by atoms with Gasteiger partial charge in [0.15, 0.2) is 17.2 Å². The van der Waals surface area contributed by atoms with Crippen molar-refractivity contribution in [1.29, 1.82) is 5.26 Å². The van der Waals surface area contributed by atoms with Crippen molar-refractivity contribution in [2.45, 2.75) is 38.3 Å². The van der Waals surface area contributed by atoms with Gasteiger partial charge in [-0.05, 0) is 78.4 Å². The first-order chi connectivity index (χ1) is 26.2. The first-order valence-electron chi connectivity index (χ1n) is 17.5. The van der Waals surface area contributed by atoms with Gasteiger partial charge >= 0.3 is 6.18 Å². The highest BCUT2D eigenvalue weighted by atomic mass is 19.4. The van der Waals surface area contributed by atoms with Crippen LogP contribution in [0.2, 0.25) is 0 Å². The molecular weight excluding hydrogens is 691 g/mol. The van der Waals surface area contributed by atoms with Crippen LogP contribution in [0.4, 0.5) is 18.9 Å². The largest absolute Gasteiger partial charge is 0.485 e. The van der Waals surface area contributed by atoms with Gasteiger partial charge < -0.3 is 20.1 Å². The molecule has 11 heteroatoms. The number of nitrogens with zero attached hydrogens (tertiary/aromatic N) is 3. The summed E-state index contributed by atoms with van der Waals surface area (Å²) < 4.78 is 55.3. The molecule has 1 amide bonds. The molecule has 1 atom stereocenters. The molecule has 1 saturated carbocycles. The zero-order chi connectivity index (χ0) is 37.5. The van der Waals surface area contributed by atoms with Crippen LogP contribution in [0.3, 0.4) is 0 Å². The number of nitriles is 1. The first-order valence-corrected chi connectivity index (χ1v) is 17.5. The summed E-state index contributed by atoms with van der Waals surface area (Å²) in [6.45, 7) is 1.38. The Morgan fingerprint density at radius 3 is 2.20 bits per heavy atom. The van der Waals surface area contributed by atoms with Crippen molar-refractivity contribution in [3.63, 3.8) is 0 Å². The molecule has 0 radical (unpaired) electrons. The third kappa shape index (κ3) is 8.80. The standard InChI is InChI=1S/C43H36F3N5O3/c44-43(45,46)39-24-37(51(50-39)35-17-7-14-32(22-35)25-47)42(52)49-34-16-8-15-33(23-34)40(48-26-29-20-21-29)36-18-9-19-38(53-27-30-10-3-1-4-11-30)41(36)54-28-31-12-5-2-6-13-31/h1-19,22-24,29,40,48H,20-21,26-28H2,(H,49,52). The lowest BCUT2D eigenvalue weighted by Crippen LogP contribution is -2.25. The van der Waals surface area contributed by atoms with Gasteiger partial charge in [-0.2, -0.15) is 23.5 Å². The van der Waals surface area contributed by atoms with Crippen molar-refractivity contribution in [2.75, 3.05) is 11.9 Å². The Kier molecular flexibility index (Phi) is 10.7. The van der Waals surface area contributed by atoms with E-state index < -0.39 is 23.8 Å². The molecule has 2 N–H and O–H groups in total. The number of carbonyl (C=O) groups is 1. The number of aromatic nitrogens is 2. The highest BCUT2D eigenvalue weighted by Crippen LogP contribution is 2.40. The summed E-state index contributed by atoms with van der Waals surface area (Å²) >= 11 is 0. The second-order valence-electron chi connectivity index (χ2n) is 13.1. The maximum Gasteiger partial charge on any atom is 0.435 e. The molecule has 1 unspecified atom stereocenters. The number of ether oxygens (including phenoxy) is 2. The molecular formula is C43H36F3N5O3. The van der Waals surface area contributed by atoms with E-state index in [2.05, 4.69) is 15.7 Å². The van der Waals surface area contributed by atoms with E-state index in [1.54, 1.807) is 18.2 Å². The summed E-state index contributed by atoms with van der Waals surface area (Å²) in [4.78, 5) is 13.7. The van der Waals surface area contributed by atoms with Crippen molar-refractivity contribution in [3.8, 4) is 23.3 Å². The zero-order valence-electron chi connectivity index (χ0n) is 29.1. The predicted molar refractivity (Wildman–Crippen MR) is 198 cm³/mol. The molecule has 8 nitrogen and oxygen atoms in total. The van der Waals surface area contributed by atoms with E-state index in [0.717, 1.165) is 46.3 Å². The predicted octanol–water partition coefficient (Wildman–Crippen LogP) is 9.26. The van der Waals surface area contributed by atoms with E-state index in [4.69, 9.17) is 9.47 Å². The van der Waals surface area contributed by atoms with Crippen molar-refractivity contribution >= 4 is 11.6 Å². The van der Waals surface area contributed by atoms with Gasteiger partial charge in [0, 0.05) is 17.3 Å². The summed E-state index contributed by atoms with van der Waals surface area (Å²) in [5, 5.41) is 19.6. The average Bonchev–Trinajstić information content (AvgIpc) is 3.90. The number of hydrogen-bond acceptors (Lipinski definition) is 6. The van der Waals surface area contributed by atoms with Gasteiger partial charge in [-0.3, -0.25) is 4.79 Å². The summed E-state index contributed by atoms with van der Waals surface area (Å²) in [7, 11) is 0. The van der Waals surface area contributed by atoms with Crippen LogP contribution in [0.15, 0.2) is 133 Å². The normalized spacial score (nSPS) is 13.1. The maximum atomic E-state index is 13.8. The molecule has 1 aliphatic rings. The Bertz CT molecular complexity index is 2260. The van der Waals surface area contributed by atoms with E-state index in [-0.39, 0.29) is 16.9 Å². The molecule has 0 spiro atoms. The van der Waals surface area contributed by atoms with Crippen LogP contribution < -0.4 is 20.1 Å². The van der Waals surface area contributed by atoms with Gasteiger partial charge in [-0.15, -0.1) is 0 Å². The minimum Gasteiger partial charge on any atom is -0.485 e. The van der Waals surface area contributed by atoms with E-state index in [1.165, 1.54) is 24.3 Å². The van der Waals surface area contributed by atoms with Gasteiger partial charge in [-0.25, -0.2) is 4.68 Å². The zero-order valence-corrected chi connectivity index (χ0v) is 29.1. The number of halogens is 3. The lowest BCUT2D eigenvalue weighted by Gasteiger charge is -2.25. The van der Waals surface area contributed by atoms with Crippen LogP contribution in [-0.2, 0) is 19.4 Å². The molecule has 0 saturated heterocycles. The molecule has 54 heavy (non-hydrogen) atoms. The Labute approximate surface area is 310 Å². The smallest absolute Gasteiger partial charge is 0.435 e. The van der Waals surface area contributed by atoms with Gasteiger partial charge in [0.2, 0.25) is 0 Å². The highest BCUT2D eigenvalue weighted by Gasteiger charge is 2.36. The van der Waals surface area contributed by atoms with Crippen LogP contribution in [0.1, 0.15) is 62.9 Å². The van der Waals surface area contributed by atoms with E-state index in [9.17, 15) is 23.2 Å². The Balaban J connectivity index is 1.22. The fraction of sp³-hybridized carbons (Fsp3) is 0.186. The lowest BCUT2D eigenvalue weighted by molar-refractivity contribution is -0.141. The molecule has 1 aromatic heterocycles. The fourth-order valence-electron chi connectivity index (χ4n) is 6.08. The van der Waals surface area contributed by atoms with Crippen molar-refractivity contribution in [1.82, 2.24) is 15.1 Å². The number of benzene rings is 5. The van der Waals surface area contributed by atoms with Crippen LogP contribution in [-0.4, -0.2) is 22.2 Å². The van der Waals surface area contributed by atoms with Crippen LogP contribution in [0.5, 0.6) is 11.5 Å². The summed E-state index contributed by atoms with van der Waals surface area (Å²) in [5.74, 6) is 0.875. The number of nitrogens with one attached hydrogen (secondary N) is 2. The lowest BCUT2D eigenvalue weighted by atomic mass is 9.96. The molecule has 0 aliphatic heterocycles. The fourth-order valence-corrected chi connectivity index (χ4v) is 6.08. The second-order valence-corrected chi connectivity index (χ2v) is 13.1. The van der Waals surface area contributed by atoms with E-state index >= 15 is 0 Å². The molecule has 1 heterocycles. The summed E-state index contributed by atoms with van der Waals surface area (Å²) in [6.07, 6.45) is -2.55. The maximum absolute atomic E-state index is 13.8. The quantitative estimate of drug-likeness (QED) is 0.116. The Morgan fingerprint density at radius 1 is 0.833 bits per heavy atom. The number of rotatable bonds is 14. The summed E-state index contributed by atoms with van der Waals surface area (Å²) in [6, 6.07) is 40.8. The molecule has 0 bridgehead atoms. The topological polar surface area (TPSA) is 101 Å². The number of carbonyl (C=O) groups excluding carboxylic acids is 1. The van der Waals surface area contributed by atoms with Gasteiger partial charge in [0.25, 0.3) is 5.91 Å². The first kappa shape index (κ1) is 36.0.